The van der Waals surface area contributed by atoms with Gasteiger partial charge < -0.3 is 5.73 Å². The summed E-state index contributed by atoms with van der Waals surface area (Å²) in [4.78, 5) is 10.2. The lowest BCUT2D eigenvalue weighted by Gasteiger charge is -2.26. The maximum absolute atomic E-state index is 13.0. The van der Waals surface area contributed by atoms with E-state index in [0.717, 1.165) is 5.56 Å². The van der Waals surface area contributed by atoms with Crippen molar-refractivity contribution in [1.29, 1.82) is 0 Å². The standard InChI is InChI=1S/C16H17N3O4S/c17-13-6-5-12-3-1-2-4-16(12)18(11-13)24(22,23)15-9-7-14(8-10-15)19(20)21/h1-4,7-10,13H,5-6,11,17H2. The molecule has 0 amide bonds. The van der Waals surface area contributed by atoms with Crippen LogP contribution in [-0.2, 0) is 16.4 Å². The molecule has 0 radical (unpaired) electrons. The molecule has 1 heterocycles. The van der Waals surface area contributed by atoms with Gasteiger partial charge in [0, 0.05) is 24.7 Å². The van der Waals surface area contributed by atoms with Crippen LogP contribution in [0.1, 0.15) is 12.0 Å². The Morgan fingerprint density at radius 1 is 1.12 bits per heavy atom. The number of sulfonamides is 1. The Morgan fingerprint density at radius 3 is 2.46 bits per heavy atom. The zero-order valence-electron chi connectivity index (χ0n) is 12.8. The number of rotatable bonds is 3. The molecule has 1 unspecified atom stereocenters. The molecule has 1 aliphatic rings. The summed E-state index contributed by atoms with van der Waals surface area (Å²) in [6.07, 6.45) is 1.41. The molecule has 0 aliphatic carbocycles. The molecule has 0 bridgehead atoms. The molecule has 1 atom stereocenters. The number of nitro groups is 1. The first-order valence-corrected chi connectivity index (χ1v) is 8.94. The van der Waals surface area contributed by atoms with Gasteiger partial charge in [0.05, 0.1) is 15.5 Å². The van der Waals surface area contributed by atoms with Crippen molar-refractivity contribution in [2.24, 2.45) is 5.73 Å². The number of aryl methyl sites for hydroxylation is 1. The van der Waals surface area contributed by atoms with Crippen LogP contribution in [0.25, 0.3) is 0 Å². The summed E-state index contributed by atoms with van der Waals surface area (Å²) < 4.78 is 27.4. The highest BCUT2D eigenvalue weighted by molar-refractivity contribution is 7.92. The second kappa shape index (κ2) is 6.21. The number of nitro benzene ring substituents is 1. The Hall–Kier alpha value is -2.45. The first-order chi connectivity index (χ1) is 11.4. The average Bonchev–Trinajstić information content (AvgIpc) is 2.75. The molecule has 3 rings (SSSR count). The van der Waals surface area contributed by atoms with E-state index in [9.17, 15) is 18.5 Å². The summed E-state index contributed by atoms with van der Waals surface area (Å²) in [5.74, 6) is 0. The van der Waals surface area contributed by atoms with E-state index < -0.39 is 14.9 Å². The van der Waals surface area contributed by atoms with Crippen LogP contribution >= 0.6 is 0 Å². The van der Waals surface area contributed by atoms with Crippen LogP contribution in [0.15, 0.2) is 53.4 Å². The fourth-order valence-corrected chi connectivity index (χ4v) is 4.36. The van der Waals surface area contributed by atoms with Crippen molar-refractivity contribution in [2.45, 2.75) is 23.8 Å². The number of nitrogens with zero attached hydrogens (tertiary/aromatic N) is 2. The zero-order valence-corrected chi connectivity index (χ0v) is 13.6. The van der Waals surface area contributed by atoms with Gasteiger partial charge in [-0.1, -0.05) is 18.2 Å². The van der Waals surface area contributed by atoms with Gasteiger partial charge in [0.15, 0.2) is 0 Å². The van der Waals surface area contributed by atoms with Crippen LogP contribution in [-0.4, -0.2) is 25.9 Å². The van der Waals surface area contributed by atoms with E-state index in [2.05, 4.69) is 0 Å². The van der Waals surface area contributed by atoms with E-state index in [4.69, 9.17) is 5.73 Å². The Bertz CT molecular complexity index is 865. The first-order valence-electron chi connectivity index (χ1n) is 7.50. The van der Waals surface area contributed by atoms with E-state index in [0.29, 0.717) is 18.5 Å². The molecule has 126 valence electrons. The maximum Gasteiger partial charge on any atom is 0.269 e. The van der Waals surface area contributed by atoms with Gasteiger partial charge in [0.25, 0.3) is 15.7 Å². The van der Waals surface area contributed by atoms with Crippen molar-refractivity contribution >= 4 is 21.4 Å². The maximum atomic E-state index is 13.0. The molecular formula is C16H17N3O4S. The van der Waals surface area contributed by atoms with Crippen LogP contribution in [0.5, 0.6) is 0 Å². The van der Waals surface area contributed by atoms with E-state index in [1.165, 1.54) is 28.6 Å². The van der Waals surface area contributed by atoms with E-state index in [1.54, 1.807) is 12.1 Å². The van der Waals surface area contributed by atoms with E-state index in [-0.39, 0.29) is 23.2 Å². The fourth-order valence-electron chi connectivity index (χ4n) is 2.80. The van der Waals surface area contributed by atoms with Gasteiger partial charge in [-0.05, 0) is 36.6 Å². The number of hydrogen-bond donors (Lipinski definition) is 1. The number of nitrogens with two attached hydrogens (primary N) is 1. The smallest absolute Gasteiger partial charge is 0.269 e. The summed E-state index contributed by atoms with van der Waals surface area (Å²) >= 11 is 0. The number of fused-ring (bicyclic) bond motifs is 1. The lowest BCUT2D eigenvalue weighted by molar-refractivity contribution is -0.384. The molecule has 8 heteroatoms. The Morgan fingerprint density at radius 2 is 1.79 bits per heavy atom. The molecule has 24 heavy (non-hydrogen) atoms. The lowest BCUT2D eigenvalue weighted by atomic mass is 10.1. The molecule has 0 fully saturated rings. The molecule has 0 spiro atoms. The van der Waals surface area contributed by atoms with Gasteiger partial charge in [-0.15, -0.1) is 0 Å². The molecule has 0 saturated carbocycles. The highest BCUT2D eigenvalue weighted by Gasteiger charge is 2.30. The number of non-ortho nitro benzene ring substituents is 1. The molecule has 2 N–H and O–H groups in total. The highest BCUT2D eigenvalue weighted by atomic mass is 32.2. The number of benzene rings is 2. The van der Waals surface area contributed by atoms with Gasteiger partial charge in [-0.3, -0.25) is 14.4 Å². The number of anilines is 1. The van der Waals surface area contributed by atoms with Crippen LogP contribution in [0.2, 0.25) is 0 Å². The third-order valence-corrected chi connectivity index (χ3v) is 5.87. The SMILES string of the molecule is NC1CCc2ccccc2N(S(=O)(=O)c2ccc([N+](=O)[O-])cc2)C1. The van der Waals surface area contributed by atoms with Crippen LogP contribution < -0.4 is 10.0 Å². The van der Waals surface area contributed by atoms with Crippen molar-refractivity contribution in [3.63, 3.8) is 0 Å². The van der Waals surface area contributed by atoms with Gasteiger partial charge in [-0.2, -0.15) is 0 Å². The van der Waals surface area contributed by atoms with Crippen molar-refractivity contribution in [2.75, 3.05) is 10.8 Å². The second-order valence-corrected chi connectivity index (χ2v) is 7.58. The third kappa shape index (κ3) is 2.98. The van der Waals surface area contributed by atoms with Crippen molar-refractivity contribution in [3.8, 4) is 0 Å². The predicted molar refractivity (Wildman–Crippen MR) is 90.4 cm³/mol. The monoisotopic (exact) mass is 347 g/mol. The van der Waals surface area contributed by atoms with Crippen LogP contribution in [0.4, 0.5) is 11.4 Å². The molecular weight excluding hydrogens is 330 g/mol. The summed E-state index contributed by atoms with van der Waals surface area (Å²) in [6, 6.07) is 11.9. The topological polar surface area (TPSA) is 107 Å². The summed E-state index contributed by atoms with van der Waals surface area (Å²) in [5.41, 5.74) is 7.44. The zero-order chi connectivity index (χ0) is 17.3. The van der Waals surface area contributed by atoms with E-state index >= 15 is 0 Å². The minimum atomic E-state index is -3.84. The van der Waals surface area contributed by atoms with Gasteiger partial charge in [0.2, 0.25) is 0 Å². The second-order valence-electron chi connectivity index (χ2n) is 5.71. The Kier molecular flexibility index (Phi) is 4.25. The van der Waals surface area contributed by atoms with Gasteiger partial charge >= 0.3 is 0 Å². The Labute approximate surface area is 139 Å². The average molecular weight is 347 g/mol. The lowest BCUT2D eigenvalue weighted by Crippen LogP contribution is -2.40. The highest BCUT2D eigenvalue weighted by Crippen LogP contribution is 2.31. The molecule has 0 saturated heterocycles. The predicted octanol–water partition coefficient (Wildman–Crippen LogP) is 2.06. The third-order valence-electron chi connectivity index (χ3n) is 4.08. The minimum absolute atomic E-state index is 0.0111. The molecule has 1 aliphatic heterocycles. The van der Waals surface area contributed by atoms with Crippen molar-refractivity contribution in [3.05, 3.63) is 64.2 Å². The molecule has 0 aromatic heterocycles. The summed E-state index contributed by atoms with van der Waals surface area (Å²) in [5, 5.41) is 10.7. The molecule has 2 aromatic rings. The molecule has 7 nitrogen and oxygen atoms in total. The summed E-state index contributed by atoms with van der Waals surface area (Å²) in [7, 11) is -3.84. The minimum Gasteiger partial charge on any atom is -0.326 e. The summed E-state index contributed by atoms with van der Waals surface area (Å²) in [6.45, 7) is 0.177. The fraction of sp³-hybridized carbons (Fsp3) is 0.250. The first kappa shape index (κ1) is 16.4. The van der Waals surface area contributed by atoms with E-state index in [1.807, 2.05) is 12.1 Å². The van der Waals surface area contributed by atoms with Crippen molar-refractivity contribution in [1.82, 2.24) is 0 Å². The van der Waals surface area contributed by atoms with Crippen LogP contribution in [0, 0.1) is 10.1 Å². The normalized spacial score (nSPS) is 17.9. The van der Waals surface area contributed by atoms with Crippen molar-refractivity contribution < 1.29 is 13.3 Å². The Balaban J connectivity index is 2.06. The van der Waals surface area contributed by atoms with Gasteiger partial charge in [-0.25, -0.2) is 8.42 Å². The van der Waals surface area contributed by atoms with Crippen LogP contribution in [0.3, 0.4) is 0 Å². The van der Waals surface area contributed by atoms with Gasteiger partial charge in [0.1, 0.15) is 0 Å². The number of para-hydroxylation sites is 1. The number of hydrogen-bond acceptors (Lipinski definition) is 5. The quantitative estimate of drug-likeness (QED) is 0.675. The molecule has 2 aromatic carbocycles. The largest absolute Gasteiger partial charge is 0.326 e.